The number of carbonyl (C=O) groups is 5. The molecule has 0 aromatic heterocycles. The molecule has 3 rings (SSSR count). The minimum Gasteiger partial charge on any atom is -0.469 e. The number of fused-ring (bicyclic) bond motifs is 1. The van der Waals surface area contributed by atoms with Crippen LogP contribution in [-0.2, 0) is 57.9 Å². The Morgan fingerprint density at radius 2 is 1.48 bits per heavy atom. The topological polar surface area (TPSA) is 186 Å². The molecule has 4 N–H and O–H groups in total. The molecule has 14 heteroatoms. The number of methoxy groups -OCH3 is 1. The molecule has 0 radical (unpaired) electrons. The SMILES string of the molecule is COC(=O)CC(/C=C/S(C)(=O)=O)NC(=O)CNC(=O)C(NC(=O)CNC(=O)OCc1ccccc1)C1Cc2ccccc2C1. The first kappa shape index (κ1) is 33.8. The average Bonchev–Trinajstić information content (AvgIpc) is 3.43. The summed E-state index contributed by atoms with van der Waals surface area (Å²) in [6.07, 6.45) is 1.97. The van der Waals surface area contributed by atoms with Crippen molar-refractivity contribution in [2.75, 3.05) is 26.5 Å². The minimum absolute atomic E-state index is 0.0201. The van der Waals surface area contributed by atoms with Crippen LogP contribution in [0, 0.1) is 5.92 Å². The van der Waals surface area contributed by atoms with Crippen molar-refractivity contribution in [2.24, 2.45) is 5.92 Å². The van der Waals surface area contributed by atoms with Crippen molar-refractivity contribution in [3.05, 3.63) is 82.8 Å². The van der Waals surface area contributed by atoms with E-state index in [0.29, 0.717) is 12.8 Å². The predicted molar refractivity (Wildman–Crippen MR) is 159 cm³/mol. The Kier molecular flexibility index (Phi) is 12.4. The number of ether oxygens (including phenoxy) is 2. The van der Waals surface area contributed by atoms with Gasteiger partial charge in [0.25, 0.3) is 0 Å². The average molecular weight is 629 g/mol. The molecule has 2 unspecified atom stereocenters. The standard InChI is InChI=1S/C30H36N4O9S/c1-42-27(37)16-24(12-13-44(2,40)41)33-25(35)17-31-29(38)28(23-14-21-10-6-7-11-22(21)15-23)34-26(36)18-32-30(39)43-19-20-8-4-3-5-9-20/h3-13,23-24,28H,14-19H2,1-2H3,(H,31,38)(H,32,39)(H,33,35)(H,34,36)/b13-12+. The van der Waals surface area contributed by atoms with E-state index in [-0.39, 0.29) is 18.9 Å². The molecule has 44 heavy (non-hydrogen) atoms. The second-order valence-electron chi connectivity index (χ2n) is 10.2. The highest BCUT2D eigenvalue weighted by atomic mass is 32.2. The Balaban J connectivity index is 1.60. The molecule has 0 saturated heterocycles. The smallest absolute Gasteiger partial charge is 0.407 e. The Bertz CT molecular complexity index is 1450. The number of carbonyl (C=O) groups excluding carboxylic acids is 5. The highest BCUT2D eigenvalue weighted by Gasteiger charge is 2.34. The van der Waals surface area contributed by atoms with Crippen LogP contribution < -0.4 is 21.3 Å². The number of esters is 1. The molecule has 1 aliphatic carbocycles. The first-order chi connectivity index (χ1) is 20.9. The zero-order valence-electron chi connectivity index (χ0n) is 24.4. The van der Waals surface area contributed by atoms with E-state index in [4.69, 9.17) is 4.74 Å². The van der Waals surface area contributed by atoms with Crippen molar-refractivity contribution in [2.45, 2.75) is 38.0 Å². The highest BCUT2D eigenvalue weighted by molar-refractivity contribution is 7.93. The molecular formula is C30H36N4O9S. The van der Waals surface area contributed by atoms with Gasteiger partial charge in [0.1, 0.15) is 19.2 Å². The maximum absolute atomic E-state index is 13.3. The van der Waals surface area contributed by atoms with Crippen LogP contribution >= 0.6 is 0 Å². The molecule has 1 aliphatic rings. The Labute approximate surface area is 255 Å². The Hall–Kier alpha value is -4.72. The first-order valence-corrected chi connectivity index (χ1v) is 15.7. The van der Waals surface area contributed by atoms with E-state index < -0.39 is 64.8 Å². The summed E-state index contributed by atoms with van der Waals surface area (Å²) in [6, 6.07) is 14.6. The van der Waals surface area contributed by atoms with Gasteiger partial charge in [-0.1, -0.05) is 60.7 Å². The number of nitrogens with one attached hydrogen (secondary N) is 4. The molecule has 2 aromatic carbocycles. The monoisotopic (exact) mass is 628 g/mol. The lowest BCUT2D eigenvalue weighted by molar-refractivity contribution is -0.141. The third-order valence-corrected chi connectivity index (χ3v) is 7.35. The van der Waals surface area contributed by atoms with Crippen LogP contribution in [0.25, 0.3) is 0 Å². The summed E-state index contributed by atoms with van der Waals surface area (Å²) in [4.78, 5) is 62.5. The van der Waals surface area contributed by atoms with Crippen molar-refractivity contribution in [3.8, 4) is 0 Å². The third kappa shape index (κ3) is 11.5. The maximum Gasteiger partial charge on any atom is 0.407 e. The van der Waals surface area contributed by atoms with Crippen LogP contribution in [0.1, 0.15) is 23.1 Å². The number of benzene rings is 2. The van der Waals surface area contributed by atoms with Gasteiger partial charge in [-0.15, -0.1) is 0 Å². The number of amides is 4. The van der Waals surface area contributed by atoms with Gasteiger partial charge < -0.3 is 30.7 Å². The fourth-order valence-corrected chi connectivity index (χ4v) is 5.06. The van der Waals surface area contributed by atoms with Gasteiger partial charge in [-0.3, -0.25) is 19.2 Å². The van der Waals surface area contributed by atoms with Crippen molar-refractivity contribution >= 4 is 39.6 Å². The van der Waals surface area contributed by atoms with Gasteiger partial charge in [0, 0.05) is 11.7 Å². The predicted octanol–water partition coefficient (Wildman–Crippen LogP) is 0.535. The van der Waals surface area contributed by atoms with Gasteiger partial charge in [0.15, 0.2) is 9.84 Å². The molecule has 236 valence electrons. The van der Waals surface area contributed by atoms with Crippen LogP contribution in [0.15, 0.2) is 66.1 Å². The van der Waals surface area contributed by atoms with Crippen LogP contribution in [0.4, 0.5) is 4.79 Å². The highest BCUT2D eigenvalue weighted by Crippen LogP contribution is 2.28. The minimum atomic E-state index is -3.53. The molecule has 13 nitrogen and oxygen atoms in total. The lowest BCUT2D eigenvalue weighted by atomic mass is 9.95. The first-order valence-electron chi connectivity index (χ1n) is 13.8. The van der Waals surface area contributed by atoms with Crippen LogP contribution in [0.3, 0.4) is 0 Å². The van der Waals surface area contributed by atoms with Crippen LogP contribution in [-0.4, -0.2) is 76.7 Å². The largest absolute Gasteiger partial charge is 0.469 e. The maximum atomic E-state index is 13.3. The summed E-state index contributed by atoms with van der Waals surface area (Å²) >= 11 is 0. The number of hydrogen-bond donors (Lipinski definition) is 4. The summed E-state index contributed by atoms with van der Waals surface area (Å²) in [5.41, 5.74) is 2.85. The van der Waals surface area contributed by atoms with E-state index in [0.717, 1.165) is 41.5 Å². The quantitative estimate of drug-likeness (QED) is 0.217. The molecule has 4 amide bonds. The lowest BCUT2D eigenvalue weighted by Crippen LogP contribution is -2.54. The number of sulfone groups is 1. The fourth-order valence-electron chi connectivity index (χ4n) is 4.58. The van der Waals surface area contributed by atoms with E-state index in [1.165, 1.54) is 0 Å². The fraction of sp³-hybridized carbons (Fsp3) is 0.367. The van der Waals surface area contributed by atoms with Gasteiger partial charge in [-0.25, -0.2) is 13.2 Å². The van der Waals surface area contributed by atoms with Gasteiger partial charge in [0.05, 0.1) is 26.1 Å². The van der Waals surface area contributed by atoms with Gasteiger partial charge in [0.2, 0.25) is 17.7 Å². The van der Waals surface area contributed by atoms with Gasteiger partial charge in [-0.05, 0) is 35.4 Å². The van der Waals surface area contributed by atoms with E-state index in [2.05, 4.69) is 26.0 Å². The van der Waals surface area contributed by atoms with E-state index in [9.17, 15) is 32.4 Å². The summed E-state index contributed by atoms with van der Waals surface area (Å²) in [5.74, 6) is -2.97. The normalized spacial score (nSPS) is 14.1. The summed E-state index contributed by atoms with van der Waals surface area (Å²) in [5, 5.41) is 10.9. The van der Waals surface area contributed by atoms with Crippen molar-refractivity contribution in [3.63, 3.8) is 0 Å². The van der Waals surface area contributed by atoms with E-state index in [1.807, 2.05) is 30.3 Å². The van der Waals surface area contributed by atoms with Gasteiger partial charge >= 0.3 is 12.1 Å². The van der Waals surface area contributed by atoms with Gasteiger partial charge in [-0.2, -0.15) is 0 Å². The number of hydrogen-bond acceptors (Lipinski definition) is 9. The van der Waals surface area contributed by atoms with Crippen LogP contribution in [0.5, 0.6) is 0 Å². The molecule has 0 heterocycles. The van der Waals surface area contributed by atoms with Crippen molar-refractivity contribution in [1.82, 2.24) is 21.3 Å². The molecule has 0 aliphatic heterocycles. The summed E-state index contributed by atoms with van der Waals surface area (Å²) in [7, 11) is -2.38. The van der Waals surface area contributed by atoms with Crippen molar-refractivity contribution < 1.29 is 41.9 Å². The molecule has 0 bridgehead atoms. The van der Waals surface area contributed by atoms with Crippen molar-refractivity contribution in [1.29, 1.82) is 0 Å². The summed E-state index contributed by atoms with van der Waals surface area (Å²) < 4.78 is 32.7. The lowest BCUT2D eigenvalue weighted by Gasteiger charge is -2.24. The Morgan fingerprint density at radius 3 is 2.09 bits per heavy atom. The second kappa shape index (κ2) is 16.2. The zero-order chi connectivity index (χ0) is 32.1. The second-order valence-corrected chi connectivity index (χ2v) is 12.2. The molecular weight excluding hydrogens is 592 g/mol. The summed E-state index contributed by atoms with van der Waals surface area (Å²) in [6.45, 7) is -0.939. The molecule has 0 fully saturated rings. The third-order valence-electron chi connectivity index (χ3n) is 6.70. The van der Waals surface area contributed by atoms with Crippen LogP contribution in [0.2, 0.25) is 0 Å². The Morgan fingerprint density at radius 1 is 0.886 bits per heavy atom. The molecule has 2 aromatic rings. The van der Waals surface area contributed by atoms with E-state index >= 15 is 0 Å². The molecule has 0 saturated carbocycles. The molecule has 0 spiro atoms. The number of alkyl carbamates (subject to hydrolysis) is 1. The molecule has 2 atom stereocenters. The number of rotatable bonds is 14. The van der Waals surface area contributed by atoms with E-state index in [1.54, 1.807) is 24.3 Å². The zero-order valence-corrected chi connectivity index (χ0v) is 25.2.